The van der Waals surface area contributed by atoms with E-state index in [4.69, 9.17) is 12.2 Å². The first kappa shape index (κ1) is 17.4. The molecule has 7 heteroatoms. The Labute approximate surface area is 144 Å². The highest BCUT2D eigenvalue weighted by atomic mass is 32.2. The fourth-order valence-corrected chi connectivity index (χ4v) is 3.08. The third kappa shape index (κ3) is 4.49. The predicted molar refractivity (Wildman–Crippen MR) is 94.5 cm³/mol. The molecule has 1 heterocycles. The minimum absolute atomic E-state index is 0.222. The molecule has 0 radical (unpaired) electrons. The van der Waals surface area contributed by atoms with Crippen LogP contribution >= 0.6 is 24.0 Å². The number of thioether (sulfide) groups is 1. The lowest BCUT2D eigenvalue weighted by Gasteiger charge is -2.15. The van der Waals surface area contributed by atoms with Crippen LogP contribution in [-0.2, 0) is 9.59 Å². The summed E-state index contributed by atoms with van der Waals surface area (Å²) in [5.41, 5.74) is 3.90. The Morgan fingerprint density at radius 1 is 1.30 bits per heavy atom. The van der Waals surface area contributed by atoms with Gasteiger partial charge in [-0.1, -0.05) is 49.4 Å². The van der Waals surface area contributed by atoms with E-state index in [1.165, 1.54) is 0 Å². The second kappa shape index (κ2) is 8.03. The van der Waals surface area contributed by atoms with Gasteiger partial charge in [0.1, 0.15) is 6.29 Å². The molecule has 1 aliphatic rings. The lowest BCUT2D eigenvalue weighted by Crippen LogP contribution is -2.44. The van der Waals surface area contributed by atoms with Crippen LogP contribution < -0.4 is 5.43 Å². The Balaban J connectivity index is 2.08. The molecule has 0 atom stereocenters. The SMILES string of the molecule is CCCCC(=O)NN1C(=O)/C(=C/c2ccc(C=O)cc2)SC1=S. The Morgan fingerprint density at radius 3 is 2.57 bits per heavy atom. The molecule has 120 valence electrons. The van der Waals surface area contributed by atoms with Gasteiger partial charge < -0.3 is 0 Å². The highest BCUT2D eigenvalue weighted by Gasteiger charge is 2.33. The maximum atomic E-state index is 12.3. The Kier molecular flexibility index (Phi) is 6.06. The number of hydrogen-bond acceptors (Lipinski definition) is 5. The number of unbranched alkanes of at least 4 members (excludes halogenated alkanes) is 1. The van der Waals surface area contributed by atoms with Gasteiger partial charge in [0.25, 0.3) is 5.91 Å². The third-order valence-electron chi connectivity index (χ3n) is 3.16. The van der Waals surface area contributed by atoms with Gasteiger partial charge in [-0.05, 0) is 30.3 Å². The molecule has 1 aromatic rings. The standard InChI is InChI=1S/C16H16N2O3S2/c1-2-3-4-14(20)17-18-15(21)13(23-16(18)22)9-11-5-7-12(10-19)8-6-11/h5-10H,2-4H2,1H3,(H,17,20)/b13-9-. The molecule has 1 aromatic carbocycles. The monoisotopic (exact) mass is 348 g/mol. The fourth-order valence-electron chi connectivity index (χ4n) is 1.90. The van der Waals surface area contributed by atoms with E-state index in [0.29, 0.717) is 21.2 Å². The van der Waals surface area contributed by atoms with E-state index < -0.39 is 0 Å². The number of nitrogens with zero attached hydrogens (tertiary/aromatic N) is 1. The molecule has 5 nitrogen and oxygen atoms in total. The van der Waals surface area contributed by atoms with Crippen molar-refractivity contribution >= 4 is 52.5 Å². The number of hydrazine groups is 1. The Hall–Kier alpha value is -1.99. The van der Waals surface area contributed by atoms with E-state index in [1.807, 2.05) is 6.92 Å². The van der Waals surface area contributed by atoms with Crippen molar-refractivity contribution in [2.45, 2.75) is 26.2 Å². The zero-order chi connectivity index (χ0) is 16.8. The summed E-state index contributed by atoms with van der Waals surface area (Å²) in [7, 11) is 0. The van der Waals surface area contributed by atoms with Gasteiger partial charge in [-0.25, -0.2) is 0 Å². The predicted octanol–water partition coefficient (Wildman–Crippen LogP) is 2.92. The topological polar surface area (TPSA) is 66.5 Å². The summed E-state index contributed by atoms with van der Waals surface area (Å²) in [6.07, 6.45) is 4.48. The number of hydrogen-bond donors (Lipinski definition) is 1. The minimum atomic E-state index is -0.343. The van der Waals surface area contributed by atoms with Gasteiger partial charge in [0.2, 0.25) is 5.91 Å². The molecule has 23 heavy (non-hydrogen) atoms. The van der Waals surface area contributed by atoms with Crippen molar-refractivity contribution in [2.75, 3.05) is 0 Å². The number of carbonyl (C=O) groups excluding carboxylic acids is 3. The molecular formula is C16H16N2O3S2. The molecular weight excluding hydrogens is 332 g/mol. The molecule has 0 aliphatic carbocycles. The van der Waals surface area contributed by atoms with E-state index in [-0.39, 0.29) is 11.8 Å². The van der Waals surface area contributed by atoms with Gasteiger partial charge in [-0.2, -0.15) is 5.01 Å². The number of thiocarbonyl (C=S) groups is 1. The maximum absolute atomic E-state index is 12.3. The molecule has 0 aromatic heterocycles. The van der Waals surface area contributed by atoms with Crippen molar-refractivity contribution in [1.82, 2.24) is 10.4 Å². The average molecular weight is 348 g/mol. The van der Waals surface area contributed by atoms with Crippen molar-refractivity contribution in [3.8, 4) is 0 Å². The molecule has 0 bridgehead atoms. The number of amides is 2. The molecule has 0 unspecified atom stereocenters. The van der Waals surface area contributed by atoms with Gasteiger partial charge in [0.05, 0.1) is 4.91 Å². The van der Waals surface area contributed by atoms with Crippen LogP contribution in [0.3, 0.4) is 0 Å². The lowest BCUT2D eigenvalue weighted by molar-refractivity contribution is -0.133. The van der Waals surface area contributed by atoms with Crippen LogP contribution in [0.15, 0.2) is 29.2 Å². The highest BCUT2D eigenvalue weighted by molar-refractivity contribution is 8.26. The Bertz CT molecular complexity index is 668. The zero-order valence-electron chi connectivity index (χ0n) is 12.6. The quantitative estimate of drug-likeness (QED) is 0.486. The maximum Gasteiger partial charge on any atom is 0.285 e. The van der Waals surface area contributed by atoms with Crippen LogP contribution in [0.4, 0.5) is 0 Å². The number of carbonyl (C=O) groups is 3. The minimum Gasteiger partial charge on any atom is -0.298 e. The van der Waals surface area contributed by atoms with E-state index >= 15 is 0 Å². The summed E-state index contributed by atoms with van der Waals surface area (Å²) in [6.45, 7) is 1.99. The van der Waals surface area contributed by atoms with Crippen LogP contribution in [-0.4, -0.2) is 27.4 Å². The van der Waals surface area contributed by atoms with E-state index in [1.54, 1.807) is 30.3 Å². The smallest absolute Gasteiger partial charge is 0.285 e. The first-order valence-corrected chi connectivity index (χ1v) is 8.40. The van der Waals surface area contributed by atoms with Gasteiger partial charge >= 0.3 is 0 Å². The molecule has 0 saturated carbocycles. The highest BCUT2D eigenvalue weighted by Crippen LogP contribution is 2.31. The molecule has 2 rings (SSSR count). The van der Waals surface area contributed by atoms with Gasteiger partial charge in [0.15, 0.2) is 4.32 Å². The summed E-state index contributed by atoms with van der Waals surface area (Å²) in [5, 5.41) is 1.11. The average Bonchev–Trinajstić information content (AvgIpc) is 2.81. The van der Waals surface area contributed by atoms with E-state index in [0.717, 1.165) is 41.5 Å². The van der Waals surface area contributed by atoms with Crippen molar-refractivity contribution in [3.05, 3.63) is 40.3 Å². The second-order valence-electron chi connectivity index (χ2n) is 4.94. The van der Waals surface area contributed by atoms with Crippen molar-refractivity contribution in [1.29, 1.82) is 0 Å². The molecule has 0 spiro atoms. The third-order valence-corrected chi connectivity index (χ3v) is 4.46. The molecule has 1 aliphatic heterocycles. The number of nitrogens with one attached hydrogen (secondary N) is 1. The summed E-state index contributed by atoms with van der Waals surface area (Å²) in [6, 6.07) is 6.84. The number of benzene rings is 1. The van der Waals surface area contributed by atoms with Gasteiger partial charge in [-0.3, -0.25) is 19.8 Å². The molecule has 1 N–H and O–H groups in total. The van der Waals surface area contributed by atoms with E-state index in [2.05, 4.69) is 5.43 Å². The van der Waals surface area contributed by atoms with Crippen LogP contribution in [0.25, 0.3) is 6.08 Å². The first-order valence-electron chi connectivity index (χ1n) is 7.18. The van der Waals surface area contributed by atoms with Crippen molar-refractivity contribution in [3.63, 3.8) is 0 Å². The summed E-state index contributed by atoms with van der Waals surface area (Å²) >= 11 is 6.28. The summed E-state index contributed by atoms with van der Waals surface area (Å²) in [5.74, 6) is -0.566. The lowest BCUT2D eigenvalue weighted by atomic mass is 10.1. The Morgan fingerprint density at radius 2 is 1.96 bits per heavy atom. The largest absolute Gasteiger partial charge is 0.298 e. The van der Waals surface area contributed by atoms with Crippen LogP contribution in [0.1, 0.15) is 42.1 Å². The molecule has 1 saturated heterocycles. The van der Waals surface area contributed by atoms with Crippen molar-refractivity contribution in [2.24, 2.45) is 0 Å². The van der Waals surface area contributed by atoms with Crippen molar-refractivity contribution < 1.29 is 14.4 Å². The van der Waals surface area contributed by atoms with E-state index in [9.17, 15) is 14.4 Å². The van der Waals surface area contributed by atoms with Gasteiger partial charge in [0, 0.05) is 12.0 Å². The summed E-state index contributed by atoms with van der Waals surface area (Å²) in [4.78, 5) is 35.2. The van der Waals surface area contributed by atoms with Crippen LogP contribution in [0, 0.1) is 0 Å². The van der Waals surface area contributed by atoms with Gasteiger partial charge in [-0.15, -0.1) is 0 Å². The van der Waals surface area contributed by atoms with Crippen LogP contribution in [0.5, 0.6) is 0 Å². The normalized spacial score (nSPS) is 16.0. The summed E-state index contributed by atoms with van der Waals surface area (Å²) < 4.78 is 0.301. The first-order chi connectivity index (χ1) is 11.0. The molecule has 2 amide bonds. The fraction of sp³-hybridized carbons (Fsp3) is 0.250. The second-order valence-corrected chi connectivity index (χ2v) is 6.62. The number of rotatable bonds is 6. The number of aldehydes is 1. The van der Waals surface area contributed by atoms with Crippen LogP contribution in [0.2, 0.25) is 0 Å². The molecule has 1 fully saturated rings. The zero-order valence-corrected chi connectivity index (χ0v) is 14.2.